The lowest BCUT2D eigenvalue weighted by Gasteiger charge is -2.23. The third kappa shape index (κ3) is 4.59. The number of carbonyl (C=O) groups is 1. The first kappa shape index (κ1) is 12.4. The van der Waals surface area contributed by atoms with Crippen LogP contribution in [-0.4, -0.2) is 50.1 Å². The Morgan fingerprint density at radius 2 is 2.27 bits per heavy atom. The Labute approximate surface area is 89.8 Å². The Morgan fingerprint density at radius 3 is 2.80 bits per heavy atom. The number of carboxylic acids is 1. The number of hydrogen-bond acceptors (Lipinski definition) is 4. The molecule has 0 saturated carbocycles. The van der Waals surface area contributed by atoms with Gasteiger partial charge in [0.1, 0.15) is 6.04 Å². The van der Waals surface area contributed by atoms with Gasteiger partial charge in [-0.05, 0) is 26.3 Å². The summed E-state index contributed by atoms with van der Waals surface area (Å²) in [5.41, 5.74) is 0. The summed E-state index contributed by atoms with van der Waals surface area (Å²) in [5.74, 6) is -0.826. The van der Waals surface area contributed by atoms with Crippen LogP contribution in [0.15, 0.2) is 0 Å². The van der Waals surface area contributed by atoms with Crippen molar-refractivity contribution in [2.24, 2.45) is 0 Å². The lowest BCUT2D eigenvalue weighted by molar-refractivity contribution is -0.140. The van der Waals surface area contributed by atoms with Crippen molar-refractivity contribution < 1.29 is 19.4 Å². The second kappa shape index (κ2) is 6.76. The van der Waals surface area contributed by atoms with E-state index < -0.39 is 12.0 Å². The zero-order chi connectivity index (χ0) is 11.1. The fourth-order valence-electron chi connectivity index (χ4n) is 1.59. The van der Waals surface area contributed by atoms with Crippen LogP contribution in [0.25, 0.3) is 0 Å². The Balaban J connectivity index is 2.11. The third-order valence-electron chi connectivity index (χ3n) is 2.57. The van der Waals surface area contributed by atoms with Crippen LogP contribution in [0.1, 0.15) is 19.3 Å². The van der Waals surface area contributed by atoms with Crippen molar-refractivity contribution in [3.05, 3.63) is 0 Å². The number of nitrogens with one attached hydrogen (secondary N) is 1. The largest absolute Gasteiger partial charge is 0.480 e. The first-order chi connectivity index (χ1) is 7.24. The molecule has 0 aliphatic carbocycles. The van der Waals surface area contributed by atoms with Crippen LogP contribution < -0.4 is 5.32 Å². The number of hydrogen-bond donors (Lipinski definition) is 2. The standard InChI is InChI=1S/C10H19NO4/c1-11-9(10(12)13)4-7-15-8-2-5-14-6-3-8/h8-9,11H,2-7H2,1H3,(H,12,13). The molecule has 0 radical (unpaired) electrons. The topological polar surface area (TPSA) is 67.8 Å². The molecule has 1 fully saturated rings. The van der Waals surface area contributed by atoms with Gasteiger partial charge in [-0.15, -0.1) is 0 Å². The van der Waals surface area contributed by atoms with Crippen molar-refractivity contribution in [2.45, 2.75) is 31.4 Å². The van der Waals surface area contributed by atoms with Gasteiger partial charge in [0, 0.05) is 19.8 Å². The van der Waals surface area contributed by atoms with E-state index in [2.05, 4.69) is 5.32 Å². The van der Waals surface area contributed by atoms with Crippen molar-refractivity contribution >= 4 is 5.97 Å². The zero-order valence-electron chi connectivity index (χ0n) is 9.07. The molecule has 1 rings (SSSR count). The number of likely N-dealkylation sites (N-methyl/N-ethyl adjacent to an activating group) is 1. The molecule has 0 aromatic rings. The minimum atomic E-state index is -0.826. The summed E-state index contributed by atoms with van der Waals surface area (Å²) in [4.78, 5) is 10.7. The monoisotopic (exact) mass is 217 g/mol. The Kier molecular flexibility index (Phi) is 5.60. The van der Waals surface area contributed by atoms with E-state index in [4.69, 9.17) is 14.6 Å². The van der Waals surface area contributed by atoms with Crippen molar-refractivity contribution in [2.75, 3.05) is 26.9 Å². The van der Waals surface area contributed by atoms with E-state index in [-0.39, 0.29) is 6.10 Å². The molecule has 0 aromatic heterocycles. The second-order valence-electron chi connectivity index (χ2n) is 3.65. The maximum atomic E-state index is 10.7. The SMILES string of the molecule is CNC(CCOC1CCOCC1)C(=O)O. The van der Waals surface area contributed by atoms with Crippen LogP contribution in [-0.2, 0) is 14.3 Å². The zero-order valence-corrected chi connectivity index (χ0v) is 9.07. The van der Waals surface area contributed by atoms with Crippen LogP contribution >= 0.6 is 0 Å². The molecule has 1 heterocycles. The van der Waals surface area contributed by atoms with E-state index in [9.17, 15) is 4.79 Å². The fraction of sp³-hybridized carbons (Fsp3) is 0.900. The molecule has 15 heavy (non-hydrogen) atoms. The maximum Gasteiger partial charge on any atom is 0.320 e. The quantitative estimate of drug-likeness (QED) is 0.667. The predicted molar refractivity (Wildman–Crippen MR) is 54.9 cm³/mol. The number of rotatable bonds is 6. The van der Waals surface area contributed by atoms with Crippen molar-refractivity contribution in [3.8, 4) is 0 Å². The second-order valence-corrected chi connectivity index (χ2v) is 3.65. The third-order valence-corrected chi connectivity index (χ3v) is 2.57. The molecule has 1 atom stereocenters. The van der Waals surface area contributed by atoms with Gasteiger partial charge in [0.2, 0.25) is 0 Å². The Morgan fingerprint density at radius 1 is 1.60 bits per heavy atom. The Bertz CT molecular complexity index is 192. The van der Waals surface area contributed by atoms with Crippen LogP contribution in [0.3, 0.4) is 0 Å². The highest BCUT2D eigenvalue weighted by molar-refractivity contribution is 5.73. The summed E-state index contributed by atoms with van der Waals surface area (Å²) in [6.45, 7) is 1.99. The normalized spacial score (nSPS) is 20.1. The van der Waals surface area contributed by atoms with Gasteiger partial charge in [-0.3, -0.25) is 4.79 Å². The van der Waals surface area contributed by atoms with E-state index in [1.807, 2.05) is 0 Å². The molecule has 0 spiro atoms. The van der Waals surface area contributed by atoms with E-state index in [0.717, 1.165) is 26.1 Å². The van der Waals surface area contributed by atoms with Crippen LogP contribution in [0.4, 0.5) is 0 Å². The number of ether oxygens (including phenoxy) is 2. The minimum Gasteiger partial charge on any atom is -0.480 e. The van der Waals surface area contributed by atoms with Crippen LogP contribution in [0.5, 0.6) is 0 Å². The van der Waals surface area contributed by atoms with Gasteiger partial charge < -0.3 is 19.9 Å². The highest BCUT2D eigenvalue weighted by Crippen LogP contribution is 2.11. The summed E-state index contributed by atoms with van der Waals surface area (Å²) < 4.78 is 10.8. The molecule has 0 aromatic carbocycles. The first-order valence-electron chi connectivity index (χ1n) is 5.33. The molecule has 0 bridgehead atoms. The van der Waals surface area contributed by atoms with Gasteiger partial charge in [0.15, 0.2) is 0 Å². The molecule has 5 nitrogen and oxygen atoms in total. The molecule has 2 N–H and O–H groups in total. The lowest BCUT2D eigenvalue weighted by atomic mass is 10.1. The Hall–Kier alpha value is -0.650. The van der Waals surface area contributed by atoms with E-state index in [1.54, 1.807) is 7.05 Å². The first-order valence-corrected chi connectivity index (χ1v) is 5.33. The summed E-state index contributed by atoms with van der Waals surface area (Å²) in [6.07, 6.45) is 2.57. The molecular weight excluding hydrogens is 198 g/mol. The number of aliphatic carboxylic acids is 1. The molecule has 1 unspecified atom stereocenters. The van der Waals surface area contributed by atoms with E-state index >= 15 is 0 Å². The van der Waals surface area contributed by atoms with Gasteiger partial charge in [-0.1, -0.05) is 0 Å². The lowest BCUT2D eigenvalue weighted by Crippen LogP contribution is -2.35. The van der Waals surface area contributed by atoms with Gasteiger partial charge in [0.25, 0.3) is 0 Å². The van der Waals surface area contributed by atoms with Gasteiger partial charge in [-0.2, -0.15) is 0 Å². The van der Waals surface area contributed by atoms with Crippen molar-refractivity contribution in [1.29, 1.82) is 0 Å². The minimum absolute atomic E-state index is 0.241. The maximum absolute atomic E-state index is 10.7. The average Bonchev–Trinajstić information content (AvgIpc) is 2.25. The van der Waals surface area contributed by atoms with E-state index in [1.165, 1.54) is 0 Å². The predicted octanol–water partition coefficient (Wildman–Crippen LogP) is 0.245. The summed E-state index contributed by atoms with van der Waals surface area (Å²) in [6, 6.07) is -0.509. The van der Waals surface area contributed by atoms with Crippen LogP contribution in [0.2, 0.25) is 0 Å². The summed E-state index contributed by atoms with van der Waals surface area (Å²) >= 11 is 0. The average molecular weight is 217 g/mol. The van der Waals surface area contributed by atoms with Crippen molar-refractivity contribution in [3.63, 3.8) is 0 Å². The summed E-state index contributed by atoms with van der Waals surface area (Å²) in [5, 5.41) is 11.5. The molecule has 0 amide bonds. The van der Waals surface area contributed by atoms with Gasteiger partial charge >= 0.3 is 5.97 Å². The molecule has 1 aliphatic heterocycles. The molecule has 1 saturated heterocycles. The van der Waals surface area contributed by atoms with Crippen LogP contribution in [0, 0.1) is 0 Å². The molecule has 88 valence electrons. The molecular formula is C10H19NO4. The van der Waals surface area contributed by atoms with Gasteiger partial charge in [-0.25, -0.2) is 0 Å². The van der Waals surface area contributed by atoms with Gasteiger partial charge in [0.05, 0.1) is 6.10 Å². The fourth-order valence-corrected chi connectivity index (χ4v) is 1.59. The highest BCUT2D eigenvalue weighted by atomic mass is 16.5. The smallest absolute Gasteiger partial charge is 0.320 e. The van der Waals surface area contributed by atoms with Crippen molar-refractivity contribution in [1.82, 2.24) is 5.32 Å². The molecule has 1 aliphatic rings. The molecule has 5 heteroatoms. The number of carboxylic acid groups (broad SMARTS) is 1. The summed E-state index contributed by atoms with van der Waals surface area (Å²) in [7, 11) is 1.65. The van der Waals surface area contributed by atoms with E-state index in [0.29, 0.717) is 13.0 Å². The highest BCUT2D eigenvalue weighted by Gasteiger charge is 2.17.